The van der Waals surface area contributed by atoms with Gasteiger partial charge in [0.1, 0.15) is 30.2 Å². The topological polar surface area (TPSA) is 151 Å². The van der Waals surface area contributed by atoms with Crippen LogP contribution in [0.25, 0.3) is 0 Å². The van der Waals surface area contributed by atoms with Crippen molar-refractivity contribution in [1.29, 1.82) is 0 Å². The van der Waals surface area contributed by atoms with Crippen LogP contribution in [-0.4, -0.2) is 96.6 Å². The lowest BCUT2D eigenvalue weighted by molar-refractivity contribution is -0.129. The molecule has 1 atom stereocenters. The van der Waals surface area contributed by atoms with Crippen molar-refractivity contribution >= 4 is 31.1 Å². The summed E-state index contributed by atoms with van der Waals surface area (Å²) in [5.41, 5.74) is 3.58. The van der Waals surface area contributed by atoms with Gasteiger partial charge in [-0.05, 0) is 42.5 Å². The Morgan fingerprint density at radius 2 is 1.95 bits per heavy atom. The van der Waals surface area contributed by atoms with Crippen LogP contribution in [0.5, 0.6) is 5.75 Å². The molecule has 1 saturated heterocycles. The Hall–Kier alpha value is -3.75. The Bertz CT molecular complexity index is 1360. The summed E-state index contributed by atoms with van der Waals surface area (Å²) in [5.74, 6) is 1.11. The number of nitrogens with zero attached hydrogens (tertiary/aromatic N) is 7. The fourth-order valence-electron chi connectivity index (χ4n) is 5.20. The first-order valence-electron chi connectivity index (χ1n) is 13.9. The highest BCUT2D eigenvalue weighted by atomic mass is 32.1. The van der Waals surface area contributed by atoms with Crippen molar-refractivity contribution in [2.75, 3.05) is 38.0 Å². The summed E-state index contributed by atoms with van der Waals surface area (Å²) in [7, 11) is 1.83. The zero-order chi connectivity index (χ0) is 28.8. The molecule has 0 radical (unpaired) electrons. The van der Waals surface area contributed by atoms with E-state index in [0.29, 0.717) is 32.1 Å². The monoisotopic (exact) mass is 597 g/mol. The van der Waals surface area contributed by atoms with E-state index in [9.17, 15) is 14.7 Å². The number of nitrogens with one attached hydrogen (secondary N) is 2. The van der Waals surface area contributed by atoms with Crippen LogP contribution in [0.1, 0.15) is 47.1 Å². The third kappa shape index (κ3) is 8.17. The van der Waals surface area contributed by atoms with E-state index < -0.39 is 6.10 Å². The summed E-state index contributed by atoms with van der Waals surface area (Å²) >= 11 is 0. The summed E-state index contributed by atoms with van der Waals surface area (Å²) in [6, 6.07) is 7.90. The van der Waals surface area contributed by atoms with Gasteiger partial charge in [-0.1, -0.05) is 11.3 Å². The Balaban J connectivity index is 0.00000405. The summed E-state index contributed by atoms with van der Waals surface area (Å²) in [6.07, 6.45) is 4.81. The number of likely N-dealkylation sites (tertiary alicyclic amines) is 1. The minimum absolute atomic E-state index is 0. The van der Waals surface area contributed by atoms with E-state index in [0.717, 1.165) is 43.8 Å². The van der Waals surface area contributed by atoms with E-state index >= 15 is 0 Å². The molecule has 0 bridgehead atoms. The zero-order valence-electron chi connectivity index (χ0n) is 24.0. The molecule has 226 valence electrons. The number of aryl methyl sites for hydroxylation is 1. The molecule has 2 aromatic heterocycles. The van der Waals surface area contributed by atoms with Gasteiger partial charge >= 0.3 is 0 Å². The number of aliphatic hydroxyl groups is 1. The van der Waals surface area contributed by atoms with Gasteiger partial charge in [0.2, 0.25) is 5.91 Å². The quantitative estimate of drug-likeness (QED) is 0.307. The van der Waals surface area contributed by atoms with Gasteiger partial charge in [-0.15, -0.1) is 5.10 Å². The SMILES string of the molecule is CC(=O)N1CCC(Nc2cc(C(=O)NC[C@H](O)CN3CCc4cc(OCc5cnnn5C)ccc4C3)ncn2)CC1.S. The van der Waals surface area contributed by atoms with Gasteiger partial charge in [0.25, 0.3) is 5.91 Å². The number of aliphatic hydroxyl groups excluding tert-OH is 1. The number of carbonyl (C=O) groups excluding carboxylic acids is 2. The average Bonchev–Trinajstić information content (AvgIpc) is 3.39. The van der Waals surface area contributed by atoms with Crippen LogP contribution in [0.2, 0.25) is 0 Å². The van der Waals surface area contributed by atoms with Crippen LogP contribution >= 0.6 is 13.5 Å². The van der Waals surface area contributed by atoms with Crippen molar-refractivity contribution < 1.29 is 19.4 Å². The third-order valence-corrected chi connectivity index (χ3v) is 7.62. The Labute approximate surface area is 252 Å². The summed E-state index contributed by atoms with van der Waals surface area (Å²) in [5, 5.41) is 24.6. The number of rotatable bonds is 10. The van der Waals surface area contributed by atoms with Crippen molar-refractivity contribution in [3.05, 3.63) is 59.3 Å². The number of hydrogen-bond acceptors (Lipinski definition) is 10. The number of fused-ring (bicyclic) bond motifs is 1. The second kappa shape index (κ2) is 14.4. The van der Waals surface area contributed by atoms with Crippen LogP contribution in [0.3, 0.4) is 0 Å². The van der Waals surface area contributed by atoms with Crippen LogP contribution in [-0.2, 0) is 31.4 Å². The van der Waals surface area contributed by atoms with Crippen LogP contribution in [0.15, 0.2) is 36.8 Å². The maximum Gasteiger partial charge on any atom is 0.270 e. The fourth-order valence-corrected chi connectivity index (χ4v) is 5.20. The van der Waals surface area contributed by atoms with Crippen LogP contribution in [0, 0.1) is 0 Å². The molecule has 0 unspecified atom stereocenters. The van der Waals surface area contributed by atoms with E-state index in [2.05, 4.69) is 47.9 Å². The summed E-state index contributed by atoms with van der Waals surface area (Å²) < 4.78 is 7.61. The van der Waals surface area contributed by atoms with Crippen molar-refractivity contribution in [2.24, 2.45) is 7.05 Å². The first kappa shape index (κ1) is 31.2. The molecule has 42 heavy (non-hydrogen) atoms. The Kier molecular flexibility index (Phi) is 10.7. The maximum atomic E-state index is 12.7. The molecule has 14 heteroatoms. The second-order valence-corrected chi connectivity index (χ2v) is 10.6. The predicted octanol–water partition coefficient (Wildman–Crippen LogP) is 0.869. The molecule has 2 aliphatic heterocycles. The second-order valence-electron chi connectivity index (χ2n) is 10.6. The van der Waals surface area contributed by atoms with Crippen LogP contribution < -0.4 is 15.4 Å². The molecule has 4 heterocycles. The molecule has 1 fully saturated rings. The molecule has 3 N–H and O–H groups in total. The third-order valence-electron chi connectivity index (χ3n) is 7.62. The number of anilines is 1. The summed E-state index contributed by atoms with van der Waals surface area (Å²) in [4.78, 5) is 36.6. The fraction of sp³-hybridized carbons (Fsp3) is 0.500. The molecule has 1 aromatic carbocycles. The average molecular weight is 598 g/mol. The highest BCUT2D eigenvalue weighted by Crippen LogP contribution is 2.24. The zero-order valence-corrected chi connectivity index (χ0v) is 25.0. The first-order chi connectivity index (χ1) is 19.8. The largest absolute Gasteiger partial charge is 0.487 e. The highest BCUT2D eigenvalue weighted by Gasteiger charge is 2.22. The van der Waals surface area contributed by atoms with E-state index in [1.807, 2.05) is 18.0 Å². The standard InChI is InChI=1S/C28H37N9O4.H2S/c1-19(38)37-9-6-22(7-10-37)33-27-12-26(30-18-31-27)28(40)29-14-24(39)16-36-8-5-20-11-25(4-3-21(20)15-36)41-17-23-13-32-34-35(23)2;/h3-4,11-13,18,22,24,39H,5-10,14-17H2,1-2H3,(H,29,40)(H,30,31,33);1H2/t24-;/m0./s1. The van der Waals surface area contributed by atoms with E-state index in [1.54, 1.807) is 23.9 Å². The van der Waals surface area contributed by atoms with Gasteiger partial charge in [0.05, 0.1) is 18.0 Å². The van der Waals surface area contributed by atoms with Crippen molar-refractivity contribution in [3.63, 3.8) is 0 Å². The minimum atomic E-state index is -0.721. The number of aromatic nitrogens is 5. The number of ether oxygens (including phenoxy) is 1. The lowest BCUT2D eigenvalue weighted by atomic mass is 9.99. The van der Waals surface area contributed by atoms with Gasteiger partial charge in [0.15, 0.2) is 0 Å². The summed E-state index contributed by atoms with van der Waals surface area (Å²) in [6.45, 7) is 5.48. The Morgan fingerprint density at radius 3 is 2.69 bits per heavy atom. The first-order valence-corrected chi connectivity index (χ1v) is 13.9. The number of amides is 2. The molecule has 0 aliphatic carbocycles. The number of carbonyl (C=O) groups is 2. The normalized spacial score (nSPS) is 16.2. The van der Waals surface area contributed by atoms with Gasteiger partial charge in [0, 0.05) is 65.3 Å². The van der Waals surface area contributed by atoms with Crippen molar-refractivity contribution in [2.45, 2.75) is 51.5 Å². The molecule has 13 nitrogen and oxygen atoms in total. The van der Waals surface area contributed by atoms with Gasteiger partial charge in [-0.2, -0.15) is 13.5 Å². The molecule has 3 aromatic rings. The minimum Gasteiger partial charge on any atom is -0.487 e. The molecule has 0 spiro atoms. The van der Waals surface area contributed by atoms with Crippen LogP contribution in [0.4, 0.5) is 5.82 Å². The molecule has 5 rings (SSSR count). The highest BCUT2D eigenvalue weighted by molar-refractivity contribution is 7.59. The van der Waals surface area contributed by atoms with Gasteiger partial charge in [-0.25, -0.2) is 14.6 Å². The van der Waals surface area contributed by atoms with Gasteiger partial charge in [-0.3, -0.25) is 14.5 Å². The smallest absolute Gasteiger partial charge is 0.270 e. The molecular weight excluding hydrogens is 558 g/mol. The molecule has 0 saturated carbocycles. The lowest BCUT2D eigenvalue weighted by Gasteiger charge is -2.31. The molecule has 2 aliphatic rings. The van der Waals surface area contributed by atoms with E-state index in [4.69, 9.17) is 4.74 Å². The molecular formula is C28H39N9O4S. The van der Waals surface area contributed by atoms with Gasteiger partial charge < -0.3 is 25.4 Å². The lowest BCUT2D eigenvalue weighted by Crippen LogP contribution is -2.42. The van der Waals surface area contributed by atoms with E-state index in [-0.39, 0.29) is 43.6 Å². The predicted molar refractivity (Wildman–Crippen MR) is 160 cm³/mol. The van der Waals surface area contributed by atoms with Crippen molar-refractivity contribution in [1.82, 2.24) is 40.1 Å². The Morgan fingerprint density at radius 1 is 1.14 bits per heavy atom. The number of piperidine rings is 1. The maximum absolute atomic E-state index is 12.7. The number of benzene rings is 1. The van der Waals surface area contributed by atoms with Crippen molar-refractivity contribution in [3.8, 4) is 5.75 Å². The molecule has 2 amide bonds. The van der Waals surface area contributed by atoms with E-state index in [1.165, 1.54) is 17.5 Å². The number of β-amino-alcohol motifs (C(OH)–C–C–N with tert-alkyl or cyclic N) is 1. The number of hydrogen-bond donors (Lipinski definition) is 3.